The molecule has 0 bridgehead atoms. The van der Waals surface area contributed by atoms with Crippen LogP contribution in [0.25, 0.3) is 0 Å². The summed E-state index contributed by atoms with van der Waals surface area (Å²) in [5.74, 6) is 1.36. The van der Waals surface area contributed by atoms with Crippen LogP contribution in [-0.2, 0) is 0 Å². The highest BCUT2D eigenvalue weighted by Crippen LogP contribution is 2.27. The minimum Gasteiger partial charge on any atom is -0.495 e. The molecule has 0 aliphatic carbocycles. The van der Waals surface area contributed by atoms with Gasteiger partial charge >= 0.3 is 0 Å². The number of anilines is 3. The van der Waals surface area contributed by atoms with Gasteiger partial charge in [0.25, 0.3) is 5.91 Å². The molecule has 7 heteroatoms. The molecule has 0 saturated carbocycles. The Balaban J connectivity index is 1.72. The van der Waals surface area contributed by atoms with Crippen molar-refractivity contribution in [3.05, 3.63) is 66.0 Å². The number of benzene rings is 2. The molecule has 1 amide bonds. The van der Waals surface area contributed by atoms with Crippen molar-refractivity contribution in [2.24, 2.45) is 0 Å². The number of nitrogens with one attached hydrogen (secondary N) is 2. The fourth-order valence-electron chi connectivity index (χ4n) is 2.60. The Labute approximate surface area is 163 Å². The quantitative estimate of drug-likeness (QED) is 0.641. The Kier molecular flexibility index (Phi) is 6.06. The van der Waals surface area contributed by atoms with Crippen LogP contribution in [0.2, 0.25) is 0 Å². The number of ether oxygens (including phenoxy) is 2. The molecule has 1 aromatic heterocycles. The van der Waals surface area contributed by atoms with Gasteiger partial charge in [0.15, 0.2) is 0 Å². The van der Waals surface area contributed by atoms with Crippen LogP contribution in [0.3, 0.4) is 0 Å². The fourth-order valence-corrected chi connectivity index (χ4v) is 2.60. The maximum absolute atomic E-state index is 12.5. The van der Waals surface area contributed by atoms with Crippen LogP contribution >= 0.6 is 0 Å². The molecule has 28 heavy (non-hydrogen) atoms. The predicted molar refractivity (Wildman–Crippen MR) is 109 cm³/mol. The summed E-state index contributed by atoms with van der Waals surface area (Å²) < 4.78 is 10.9. The number of rotatable bonds is 7. The second-order valence-electron chi connectivity index (χ2n) is 6.01. The molecule has 0 saturated heterocycles. The van der Waals surface area contributed by atoms with E-state index >= 15 is 0 Å². The smallest absolute Gasteiger partial charge is 0.258 e. The normalized spacial score (nSPS) is 10.2. The van der Waals surface area contributed by atoms with Crippen LogP contribution in [0.4, 0.5) is 17.3 Å². The Morgan fingerprint density at radius 3 is 2.50 bits per heavy atom. The highest BCUT2D eigenvalue weighted by atomic mass is 16.5. The molecular formula is C21H22N4O3. The SMILES string of the molecule is CCOc1ccccc1NC(=O)c1cnc(Nc2cc(C)ccc2OC)nc1. The predicted octanol–water partition coefficient (Wildman–Crippen LogP) is 4.19. The van der Waals surface area contributed by atoms with Gasteiger partial charge in [0, 0.05) is 12.4 Å². The Bertz CT molecular complexity index is 958. The van der Waals surface area contributed by atoms with E-state index in [0.29, 0.717) is 35.3 Å². The van der Waals surface area contributed by atoms with Crippen molar-refractivity contribution in [3.63, 3.8) is 0 Å². The lowest BCUT2D eigenvalue weighted by molar-refractivity contribution is 0.102. The van der Waals surface area contributed by atoms with Crippen molar-refractivity contribution in [3.8, 4) is 11.5 Å². The molecule has 0 radical (unpaired) electrons. The zero-order valence-corrected chi connectivity index (χ0v) is 16.0. The number of nitrogens with zero attached hydrogens (tertiary/aromatic N) is 2. The van der Waals surface area contributed by atoms with Gasteiger partial charge < -0.3 is 20.1 Å². The van der Waals surface area contributed by atoms with Gasteiger partial charge in [-0.25, -0.2) is 9.97 Å². The first-order valence-electron chi connectivity index (χ1n) is 8.87. The fraction of sp³-hybridized carbons (Fsp3) is 0.190. The van der Waals surface area contributed by atoms with E-state index in [1.807, 2.05) is 44.2 Å². The minimum atomic E-state index is -0.313. The lowest BCUT2D eigenvalue weighted by Crippen LogP contribution is -2.14. The number of hydrogen-bond donors (Lipinski definition) is 2. The minimum absolute atomic E-state index is 0.313. The molecule has 2 N–H and O–H groups in total. The van der Waals surface area contributed by atoms with E-state index < -0.39 is 0 Å². The van der Waals surface area contributed by atoms with E-state index in [-0.39, 0.29) is 5.91 Å². The Morgan fingerprint density at radius 1 is 1.04 bits per heavy atom. The number of aromatic nitrogens is 2. The summed E-state index contributed by atoms with van der Waals surface area (Å²) in [5, 5.41) is 5.93. The Hall–Kier alpha value is -3.61. The molecular weight excluding hydrogens is 356 g/mol. The number of amides is 1. The van der Waals surface area contributed by atoms with E-state index in [1.54, 1.807) is 19.2 Å². The molecule has 144 valence electrons. The van der Waals surface area contributed by atoms with Crippen molar-refractivity contribution in [2.45, 2.75) is 13.8 Å². The van der Waals surface area contributed by atoms with Gasteiger partial charge in [0.1, 0.15) is 11.5 Å². The number of hydrogen-bond acceptors (Lipinski definition) is 6. The number of carbonyl (C=O) groups is 1. The largest absolute Gasteiger partial charge is 0.495 e. The van der Waals surface area contributed by atoms with E-state index in [4.69, 9.17) is 9.47 Å². The van der Waals surface area contributed by atoms with Gasteiger partial charge in [0.05, 0.1) is 30.7 Å². The summed E-state index contributed by atoms with van der Waals surface area (Å²) in [7, 11) is 1.60. The lowest BCUT2D eigenvalue weighted by atomic mass is 10.2. The molecule has 0 aliphatic heterocycles. The molecule has 0 fully saturated rings. The molecule has 0 atom stereocenters. The zero-order chi connectivity index (χ0) is 19.9. The molecule has 3 rings (SSSR count). The summed E-state index contributed by atoms with van der Waals surface area (Å²) >= 11 is 0. The van der Waals surface area contributed by atoms with E-state index in [2.05, 4.69) is 20.6 Å². The lowest BCUT2D eigenvalue weighted by Gasteiger charge is -2.12. The molecule has 0 unspecified atom stereocenters. The number of carbonyl (C=O) groups excluding carboxylic acids is 1. The van der Waals surface area contributed by atoms with Gasteiger partial charge in [-0.05, 0) is 43.7 Å². The monoisotopic (exact) mass is 378 g/mol. The standard InChI is InChI=1S/C21H22N4O3/c1-4-28-19-8-6-5-7-16(19)24-20(26)15-12-22-21(23-13-15)25-17-11-14(2)9-10-18(17)27-3/h5-13H,4H2,1-3H3,(H,24,26)(H,22,23,25). The maximum atomic E-state index is 12.5. The molecule has 0 aliphatic rings. The van der Waals surface area contributed by atoms with E-state index in [9.17, 15) is 4.79 Å². The first-order valence-corrected chi connectivity index (χ1v) is 8.87. The zero-order valence-electron chi connectivity index (χ0n) is 16.0. The Morgan fingerprint density at radius 2 is 1.79 bits per heavy atom. The van der Waals surface area contributed by atoms with Crippen molar-refractivity contribution < 1.29 is 14.3 Å². The van der Waals surface area contributed by atoms with Crippen LogP contribution in [-0.4, -0.2) is 29.6 Å². The number of para-hydroxylation sites is 2. The average molecular weight is 378 g/mol. The average Bonchev–Trinajstić information content (AvgIpc) is 2.70. The van der Waals surface area contributed by atoms with Gasteiger partial charge in [-0.2, -0.15) is 0 Å². The molecule has 1 heterocycles. The van der Waals surface area contributed by atoms with Crippen molar-refractivity contribution >= 4 is 23.2 Å². The summed E-state index contributed by atoms with van der Waals surface area (Å²) in [6.45, 7) is 4.39. The number of aryl methyl sites for hydroxylation is 1. The van der Waals surface area contributed by atoms with Crippen LogP contribution in [0.15, 0.2) is 54.9 Å². The maximum Gasteiger partial charge on any atom is 0.258 e. The van der Waals surface area contributed by atoms with Gasteiger partial charge in [-0.3, -0.25) is 4.79 Å². The second-order valence-corrected chi connectivity index (χ2v) is 6.01. The molecule has 3 aromatic rings. The third-order valence-electron chi connectivity index (χ3n) is 3.95. The summed E-state index contributed by atoms with van der Waals surface area (Å²) in [6.07, 6.45) is 2.94. The highest BCUT2D eigenvalue weighted by Gasteiger charge is 2.11. The third-order valence-corrected chi connectivity index (χ3v) is 3.95. The van der Waals surface area contributed by atoms with Crippen LogP contribution < -0.4 is 20.1 Å². The van der Waals surface area contributed by atoms with Crippen molar-refractivity contribution in [1.82, 2.24) is 9.97 Å². The highest BCUT2D eigenvalue weighted by molar-refractivity contribution is 6.04. The summed E-state index contributed by atoms with van der Waals surface area (Å²) in [4.78, 5) is 21.0. The van der Waals surface area contributed by atoms with Gasteiger partial charge in [0.2, 0.25) is 5.95 Å². The van der Waals surface area contributed by atoms with E-state index in [0.717, 1.165) is 11.3 Å². The van der Waals surface area contributed by atoms with Crippen LogP contribution in [0, 0.1) is 6.92 Å². The first kappa shape index (κ1) is 19.2. The van der Waals surface area contributed by atoms with Crippen LogP contribution in [0.5, 0.6) is 11.5 Å². The number of methoxy groups -OCH3 is 1. The van der Waals surface area contributed by atoms with Gasteiger partial charge in [-0.15, -0.1) is 0 Å². The van der Waals surface area contributed by atoms with Crippen LogP contribution in [0.1, 0.15) is 22.8 Å². The summed E-state index contributed by atoms with van der Waals surface area (Å²) in [5.41, 5.74) is 2.77. The second kappa shape index (κ2) is 8.85. The topological polar surface area (TPSA) is 85.4 Å². The molecule has 7 nitrogen and oxygen atoms in total. The van der Waals surface area contributed by atoms with Gasteiger partial charge in [-0.1, -0.05) is 18.2 Å². The van der Waals surface area contributed by atoms with Crippen molar-refractivity contribution in [2.75, 3.05) is 24.4 Å². The molecule has 2 aromatic carbocycles. The molecule has 0 spiro atoms. The van der Waals surface area contributed by atoms with Crippen molar-refractivity contribution in [1.29, 1.82) is 0 Å². The van der Waals surface area contributed by atoms with E-state index in [1.165, 1.54) is 12.4 Å². The summed E-state index contributed by atoms with van der Waals surface area (Å²) in [6, 6.07) is 13.0. The first-order chi connectivity index (χ1) is 13.6. The third kappa shape index (κ3) is 4.56.